The number of ether oxygens (including phenoxy) is 1. The van der Waals surface area contributed by atoms with Crippen LogP contribution in [0.4, 0.5) is 0 Å². The average Bonchev–Trinajstić information content (AvgIpc) is 2.75. The Bertz CT molecular complexity index is 318. The van der Waals surface area contributed by atoms with Gasteiger partial charge in [-0.1, -0.05) is 13.8 Å². The number of piperazine rings is 1. The zero-order valence-corrected chi connectivity index (χ0v) is 12.4. The molecule has 0 bridgehead atoms. The van der Waals surface area contributed by atoms with E-state index in [-0.39, 0.29) is 0 Å². The monoisotopic (exact) mass is 252 g/mol. The van der Waals surface area contributed by atoms with Crippen LogP contribution in [0.3, 0.4) is 0 Å². The quantitative estimate of drug-likeness (QED) is 0.747. The molecular weight excluding hydrogens is 224 g/mol. The number of nitrogens with zero attached hydrogens (tertiary/aromatic N) is 2. The number of hydrogen-bond acceptors (Lipinski definition) is 3. The Morgan fingerprint density at radius 2 is 2.00 bits per heavy atom. The molecule has 0 spiro atoms. The molecule has 0 aromatic carbocycles. The minimum atomic E-state index is 0.323. The van der Waals surface area contributed by atoms with Crippen molar-refractivity contribution in [3.63, 3.8) is 0 Å². The summed E-state index contributed by atoms with van der Waals surface area (Å²) in [6, 6.07) is 2.26. The van der Waals surface area contributed by atoms with Crippen molar-refractivity contribution in [2.24, 2.45) is 5.41 Å². The lowest BCUT2D eigenvalue weighted by atomic mass is 9.63. The summed E-state index contributed by atoms with van der Waals surface area (Å²) in [6.07, 6.45) is 4.49. The van der Waals surface area contributed by atoms with Gasteiger partial charge in [0, 0.05) is 43.7 Å². The number of fused-ring (bicyclic) bond motifs is 1. The van der Waals surface area contributed by atoms with Crippen LogP contribution in [0.25, 0.3) is 0 Å². The molecule has 3 heteroatoms. The van der Waals surface area contributed by atoms with Crippen molar-refractivity contribution in [3.8, 4) is 0 Å². The molecule has 0 N–H and O–H groups in total. The second-order valence-electron chi connectivity index (χ2n) is 7.13. The summed E-state index contributed by atoms with van der Waals surface area (Å²) in [5, 5.41) is 0. The van der Waals surface area contributed by atoms with Gasteiger partial charge in [0.25, 0.3) is 0 Å². The van der Waals surface area contributed by atoms with Crippen LogP contribution in [-0.2, 0) is 4.74 Å². The first-order valence-electron chi connectivity index (χ1n) is 7.56. The van der Waals surface area contributed by atoms with Gasteiger partial charge >= 0.3 is 0 Å². The maximum atomic E-state index is 5.61. The Labute approximate surface area is 111 Å². The highest BCUT2D eigenvalue weighted by molar-refractivity contribution is 5.07. The van der Waals surface area contributed by atoms with E-state index < -0.39 is 0 Å². The number of rotatable bonds is 2. The summed E-state index contributed by atoms with van der Waals surface area (Å²) in [5.74, 6) is 0. The van der Waals surface area contributed by atoms with Crippen LogP contribution in [0.2, 0.25) is 0 Å². The van der Waals surface area contributed by atoms with Crippen molar-refractivity contribution in [1.29, 1.82) is 0 Å². The van der Waals surface area contributed by atoms with Crippen molar-refractivity contribution in [2.75, 3.05) is 26.7 Å². The SMILES string of the molecule is COC1CC(N2CC3CCCN3CC2C)C1(C)C. The fourth-order valence-electron chi connectivity index (χ4n) is 4.47. The molecule has 4 unspecified atom stereocenters. The van der Waals surface area contributed by atoms with Crippen molar-refractivity contribution < 1.29 is 4.74 Å². The van der Waals surface area contributed by atoms with Crippen molar-refractivity contribution in [3.05, 3.63) is 0 Å². The Hall–Kier alpha value is -0.120. The van der Waals surface area contributed by atoms with Crippen LogP contribution < -0.4 is 0 Å². The maximum Gasteiger partial charge on any atom is 0.0652 e. The van der Waals surface area contributed by atoms with Gasteiger partial charge in [-0.3, -0.25) is 9.80 Å². The summed E-state index contributed by atoms with van der Waals surface area (Å²) in [4.78, 5) is 5.49. The van der Waals surface area contributed by atoms with E-state index in [9.17, 15) is 0 Å². The highest BCUT2D eigenvalue weighted by atomic mass is 16.5. The van der Waals surface area contributed by atoms with E-state index >= 15 is 0 Å². The highest BCUT2D eigenvalue weighted by Crippen LogP contribution is 2.47. The van der Waals surface area contributed by atoms with E-state index in [1.54, 1.807) is 0 Å². The maximum absolute atomic E-state index is 5.61. The zero-order chi connectivity index (χ0) is 12.9. The zero-order valence-electron chi connectivity index (χ0n) is 12.4. The summed E-state index contributed by atoms with van der Waals surface area (Å²) in [6.45, 7) is 11.1. The Morgan fingerprint density at radius 1 is 1.22 bits per heavy atom. The minimum Gasteiger partial charge on any atom is -0.381 e. The fraction of sp³-hybridized carbons (Fsp3) is 1.00. The third-order valence-corrected chi connectivity index (χ3v) is 5.80. The number of methoxy groups -OCH3 is 1. The van der Waals surface area contributed by atoms with E-state index in [4.69, 9.17) is 4.74 Å². The molecule has 0 radical (unpaired) electrons. The summed E-state index contributed by atoms with van der Waals surface area (Å²) >= 11 is 0. The van der Waals surface area contributed by atoms with Gasteiger partial charge in [-0.15, -0.1) is 0 Å². The smallest absolute Gasteiger partial charge is 0.0652 e. The molecule has 2 aliphatic heterocycles. The van der Waals surface area contributed by atoms with Crippen LogP contribution >= 0.6 is 0 Å². The van der Waals surface area contributed by atoms with Crippen molar-refractivity contribution in [2.45, 2.75) is 64.3 Å². The second-order valence-corrected chi connectivity index (χ2v) is 7.13. The van der Waals surface area contributed by atoms with Gasteiger partial charge in [0.05, 0.1) is 6.10 Å². The van der Waals surface area contributed by atoms with Gasteiger partial charge in [-0.05, 0) is 32.7 Å². The molecule has 2 heterocycles. The molecule has 3 fully saturated rings. The van der Waals surface area contributed by atoms with Gasteiger partial charge in [0.2, 0.25) is 0 Å². The Balaban J connectivity index is 1.69. The van der Waals surface area contributed by atoms with E-state index in [0.29, 0.717) is 17.6 Å². The lowest BCUT2D eigenvalue weighted by Gasteiger charge is -2.59. The molecule has 3 nitrogen and oxygen atoms in total. The van der Waals surface area contributed by atoms with Gasteiger partial charge in [-0.25, -0.2) is 0 Å². The minimum absolute atomic E-state index is 0.323. The molecule has 104 valence electrons. The standard InChI is InChI=1S/C15H28N2O/c1-11-9-16-7-5-6-12(16)10-17(11)13-8-14(18-4)15(13,2)3/h11-14H,5-10H2,1-4H3. The van der Waals surface area contributed by atoms with Crippen molar-refractivity contribution >= 4 is 0 Å². The van der Waals surface area contributed by atoms with Gasteiger partial charge in [-0.2, -0.15) is 0 Å². The molecule has 0 amide bonds. The molecule has 0 aromatic heterocycles. The predicted molar refractivity (Wildman–Crippen MR) is 73.7 cm³/mol. The van der Waals surface area contributed by atoms with Crippen LogP contribution in [0.15, 0.2) is 0 Å². The van der Waals surface area contributed by atoms with Gasteiger partial charge in [0.1, 0.15) is 0 Å². The third kappa shape index (κ3) is 1.83. The Kier molecular flexibility index (Phi) is 3.20. The molecule has 0 aromatic rings. The van der Waals surface area contributed by atoms with E-state index in [2.05, 4.69) is 30.6 Å². The normalized spacial score (nSPS) is 44.7. The molecular formula is C15H28N2O. The van der Waals surface area contributed by atoms with E-state index in [0.717, 1.165) is 12.1 Å². The summed E-state index contributed by atoms with van der Waals surface area (Å²) in [7, 11) is 1.86. The largest absolute Gasteiger partial charge is 0.381 e. The predicted octanol–water partition coefficient (Wildman–Crippen LogP) is 1.97. The average molecular weight is 252 g/mol. The lowest BCUT2D eigenvalue weighted by Crippen LogP contribution is -2.68. The molecule has 2 saturated heterocycles. The van der Waals surface area contributed by atoms with Crippen LogP contribution in [0, 0.1) is 5.41 Å². The van der Waals surface area contributed by atoms with Crippen LogP contribution in [0.5, 0.6) is 0 Å². The van der Waals surface area contributed by atoms with E-state index in [1.165, 1.54) is 38.9 Å². The lowest BCUT2D eigenvalue weighted by molar-refractivity contribution is -0.157. The third-order valence-electron chi connectivity index (χ3n) is 5.80. The van der Waals surface area contributed by atoms with Crippen LogP contribution in [-0.4, -0.2) is 60.8 Å². The molecule has 3 rings (SSSR count). The number of hydrogen-bond donors (Lipinski definition) is 0. The van der Waals surface area contributed by atoms with Gasteiger partial charge < -0.3 is 4.74 Å². The van der Waals surface area contributed by atoms with Gasteiger partial charge in [0.15, 0.2) is 0 Å². The first-order chi connectivity index (χ1) is 8.54. The summed E-state index contributed by atoms with van der Waals surface area (Å²) in [5.41, 5.74) is 0.323. The van der Waals surface area contributed by atoms with Crippen LogP contribution in [0.1, 0.15) is 40.0 Å². The molecule has 3 aliphatic rings. The Morgan fingerprint density at radius 3 is 2.67 bits per heavy atom. The first kappa shape index (κ1) is 12.9. The molecule has 1 saturated carbocycles. The fourth-order valence-corrected chi connectivity index (χ4v) is 4.47. The topological polar surface area (TPSA) is 15.7 Å². The molecule has 4 atom stereocenters. The summed E-state index contributed by atoms with van der Waals surface area (Å²) < 4.78 is 5.61. The van der Waals surface area contributed by atoms with Crippen molar-refractivity contribution in [1.82, 2.24) is 9.80 Å². The van der Waals surface area contributed by atoms with E-state index in [1.807, 2.05) is 7.11 Å². The molecule has 18 heavy (non-hydrogen) atoms. The molecule has 1 aliphatic carbocycles. The second kappa shape index (κ2) is 4.46. The highest BCUT2D eigenvalue weighted by Gasteiger charge is 2.53. The first-order valence-corrected chi connectivity index (χ1v) is 7.56.